The fourth-order valence-corrected chi connectivity index (χ4v) is 4.63. The van der Waals surface area contributed by atoms with E-state index in [4.69, 9.17) is 9.47 Å². The summed E-state index contributed by atoms with van der Waals surface area (Å²) in [6.07, 6.45) is 16.8. The van der Waals surface area contributed by atoms with E-state index in [0.717, 1.165) is 25.7 Å². The molecule has 4 heteroatoms. The first kappa shape index (κ1) is 26.3. The predicted octanol–water partition coefficient (Wildman–Crippen LogP) is 7.49. The van der Waals surface area contributed by atoms with E-state index in [1.165, 1.54) is 64.2 Å². The molecule has 0 saturated carbocycles. The largest absolute Gasteiger partial charge is 0.508 e. The van der Waals surface area contributed by atoms with Gasteiger partial charge in [-0.25, -0.2) is 4.79 Å². The molecule has 1 aliphatic heterocycles. The summed E-state index contributed by atoms with van der Waals surface area (Å²) in [5.74, 6) is 0. The molecule has 0 atom stereocenters. The molecular formula is C25H49NO3. The maximum Gasteiger partial charge on any atom is 0.508 e. The van der Waals surface area contributed by atoms with Crippen LogP contribution in [0.2, 0.25) is 0 Å². The van der Waals surface area contributed by atoms with Crippen molar-refractivity contribution in [1.29, 1.82) is 0 Å². The van der Waals surface area contributed by atoms with Crippen molar-refractivity contribution in [2.24, 2.45) is 0 Å². The highest BCUT2D eigenvalue weighted by Crippen LogP contribution is 2.38. The van der Waals surface area contributed by atoms with Crippen LogP contribution in [-0.2, 0) is 9.47 Å². The van der Waals surface area contributed by atoms with Crippen molar-refractivity contribution in [2.45, 2.75) is 142 Å². The standard InChI is InChI=1S/C25H49NO3/c1-7-8-9-10-11-12-13-14-15-16-17-18-19-28-23(27)29-22-20-24(2,3)26(6)25(4,5)21-22/h22H,7-21H2,1-6H3. The molecule has 0 aromatic rings. The first-order valence-electron chi connectivity index (χ1n) is 12.3. The van der Waals surface area contributed by atoms with Crippen molar-refractivity contribution in [3.63, 3.8) is 0 Å². The predicted molar refractivity (Wildman–Crippen MR) is 122 cm³/mol. The Kier molecular flexibility index (Phi) is 12.2. The minimum atomic E-state index is -0.491. The van der Waals surface area contributed by atoms with Gasteiger partial charge in [-0.2, -0.15) is 0 Å². The van der Waals surface area contributed by atoms with Crippen LogP contribution in [0.3, 0.4) is 0 Å². The van der Waals surface area contributed by atoms with Gasteiger partial charge >= 0.3 is 6.16 Å². The van der Waals surface area contributed by atoms with Gasteiger partial charge in [0.2, 0.25) is 0 Å². The summed E-state index contributed by atoms with van der Waals surface area (Å²) in [6, 6.07) is 0. The van der Waals surface area contributed by atoms with Crippen LogP contribution in [0, 0.1) is 0 Å². The van der Waals surface area contributed by atoms with Gasteiger partial charge in [0.25, 0.3) is 0 Å². The van der Waals surface area contributed by atoms with Crippen LogP contribution in [0.5, 0.6) is 0 Å². The summed E-state index contributed by atoms with van der Waals surface area (Å²) in [4.78, 5) is 14.4. The van der Waals surface area contributed by atoms with Crippen molar-refractivity contribution < 1.29 is 14.3 Å². The van der Waals surface area contributed by atoms with Gasteiger partial charge in [-0.1, -0.05) is 77.6 Å². The highest BCUT2D eigenvalue weighted by atomic mass is 16.7. The van der Waals surface area contributed by atoms with Crippen molar-refractivity contribution in [2.75, 3.05) is 13.7 Å². The summed E-state index contributed by atoms with van der Waals surface area (Å²) < 4.78 is 11.0. The molecule has 1 rings (SSSR count). The summed E-state index contributed by atoms with van der Waals surface area (Å²) >= 11 is 0. The van der Waals surface area contributed by atoms with Crippen LogP contribution in [0.4, 0.5) is 4.79 Å². The van der Waals surface area contributed by atoms with Crippen LogP contribution >= 0.6 is 0 Å². The topological polar surface area (TPSA) is 38.8 Å². The number of unbranched alkanes of at least 4 members (excludes halogenated alkanes) is 11. The summed E-state index contributed by atoms with van der Waals surface area (Å²) in [7, 11) is 2.15. The lowest BCUT2D eigenvalue weighted by molar-refractivity contribution is -0.0813. The Morgan fingerprint density at radius 3 is 1.66 bits per heavy atom. The number of ether oxygens (including phenoxy) is 2. The average Bonchev–Trinajstić information content (AvgIpc) is 2.63. The molecule has 0 unspecified atom stereocenters. The van der Waals surface area contributed by atoms with E-state index < -0.39 is 6.16 Å². The zero-order chi connectivity index (χ0) is 21.8. The SMILES string of the molecule is CCCCCCCCCCCCCCOC(=O)OC1CC(C)(C)N(C)C(C)(C)C1. The lowest BCUT2D eigenvalue weighted by Gasteiger charge is -2.52. The molecule has 1 saturated heterocycles. The van der Waals surface area contributed by atoms with Crippen LogP contribution < -0.4 is 0 Å². The van der Waals surface area contributed by atoms with E-state index in [1.54, 1.807) is 0 Å². The van der Waals surface area contributed by atoms with E-state index in [2.05, 4.69) is 46.6 Å². The van der Waals surface area contributed by atoms with Crippen LogP contribution in [0.25, 0.3) is 0 Å². The lowest BCUT2D eigenvalue weighted by Crippen LogP contribution is -2.60. The zero-order valence-electron chi connectivity index (χ0n) is 20.4. The van der Waals surface area contributed by atoms with Gasteiger partial charge in [0.15, 0.2) is 0 Å². The maximum atomic E-state index is 12.1. The van der Waals surface area contributed by atoms with E-state index in [0.29, 0.717) is 6.61 Å². The molecule has 4 nitrogen and oxygen atoms in total. The molecule has 0 aromatic heterocycles. The third-order valence-corrected chi connectivity index (χ3v) is 6.75. The molecule has 29 heavy (non-hydrogen) atoms. The average molecular weight is 412 g/mol. The summed E-state index contributed by atoms with van der Waals surface area (Å²) in [6.45, 7) is 11.6. The first-order chi connectivity index (χ1) is 13.7. The molecule has 1 heterocycles. The van der Waals surface area contributed by atoms with Crippen LogP contribution in [0.15, 0.2) is 0 Å². The normalized spacial score (nSPS) is 19.2. The second-order valence-electron chi connectivity index (χ2n) is 10.3. The minimum absolute atomic E-state index is 0.0161. The summed E-state index contributed by atoms with van der Waals surface area (Å²) in [5, 5.41) is 0. The van der Waals surface area contributed by atoms with Crippen molar-refractivity contribution in [1.82, 2.24) is 4.90 Å². The molecular weight excluding hydrogens is 362 g/mol. The Morgan fingerprint density at radius 1 is 0.793 bits per heavy atom. The van der Waals surface area contributed by atoms with Gasteiger partial charge in [-0.15, -0.1) is 0 Å². The number of hydrogen-bond donors (Lipinski definition) is 0. The number of rotatable bonds is 14. The number of piperidine rings is 1. The molecule has 172 valence electrons. The Bertz CT molecular complexity index is 429. The van der Waals surface area contributed by atoms with Gasteiger partial charge < -0.3 is 9.47 Å². The van der Waals surface area contributed by atoms with Gasteiger partial charge in [0, 0.05) is 23.9 Å². The molecule has 0 bridgehead atoms. The van der Waals surface area contributed by atoms with Gasteiger partial charge in [-0.3, -0.25) is 4.90 Å². The second-order valence-corrected chi connectivity index (χ2v) is 10.3. The Morgan fingerprint density at radius 2 is 1.21 bits per heavy atom. The number of carbonyl (C=O) groups excluding carboxylic acids is 1. The number of nitrogens with zero attached hydrogens (tertiary/aromatic N) is 1. The molecule has 0 aromatic carbocycles. The van der Waals surface area contributed by atoms with E-state index in [1.807, 2.05) is 0 Å². The zero-order valence-corrected chi connectivity index (χ0v) is 20.4. The smallest absolute Gasteiger partial charge is 0.434 e. The Labute approximate surface area is 181 Å². The Hall–Kier alpha value is -0.770. The molecule has 0 amide bonds. The summed E-state index contributed by atoms with van der Waals surface area (Å²) in [5.41, 5.74) is 0.0321. The lowest BCUT2D eigenvalue weighted by atomic mass is 9.79. The monoisotopic (exact) mass is 411 g/mol. The van der Waals surface area contributed by atoms with Crippen molar-refractivity contribution in [3.8, 4) is 0 Å². The maximum absolute atomic E-state index is 12.1. The third kappa shape index (κ3) is 10.7. The van der Waals surface area contributed by atoms with E-state index in [9.17, 15) is 4.79 Å². The Balaban J connectivity index is 2.01. The van der Waals surface area contributed by atoms with E-state index >= 15 is 0 Å². The highest BCUT2D eigenvalue weighted by molar-refractivity contribution is 5.60. The van der Waals surface area contributed by atoms with Gasteiger partial charge in [0.1, 0.15) is 6.10 Å². The van der Waals surface area contributed by atoms with Gasteiger partial charge in [-0.05, 0) is 41.2 Å². The molecule has 1 fully saturated rings. The van der Waals surface area contributed by atoms with Crippen molar-refractivity contribution >= 4 is 6.16 Å². The van der Waals surface area contributed by atoms with Crippen molar-refractivity contribution in [3.05, 3.63) is 0 Å². The highest BCUT2D eigenvalue weighted by Gasteiger charge is 2.44. The van der Waals surface area contributed by atoms with Gasteiger partial charge in [0.05, 0.1) is 6.61 Å². The fraction of sp³-hybridized carbons (Fsp3) is 0.960. The van der Waals surface area contributed by atoms with Crippen LogP contribution in [0.1, 0.15) is 125 Å². The fourth-order valence-electron chi connectivity index (χ4n) is 4.63. The number of likely N-dealkylation sites (tertiary alicyclic amines) is 1. The molecule has 0 radical (unpaired) electrons. The molecule has 0 N–H and O–H groups in total. The molecule has 1 aliphatic rings. The second kappa shape index (κ2) is 13.5. The number of carbonyl (C=O) groups is 1. The quantitative estimate of drug-likeness (QED) is 0.219. The number of hydrogen-bond acceptors (Lipinski definition) is 4. The van der Waals surface area contributed by atoms with E-state index in [-0.39, 0.29) is 17.2 Å². The van der Waals surface area contributed by atoms with Crippen LogP contribution in [-0.4, -0.2) is 41.9 Å². The molecule has 0 aliphatic carbocycles. The first-order valence-corrected chi connectivity index (χ1v) is 12.3. The third-order valence-electron chi connectivity index (χ3n) is 6.75. The minimum Gasteiger partial charge on any atom is -0.434 e. The molecule has 0 spiro atoms.